The molecule has 0 atom stereocenters. The van der Waals surface area contributed by atoms with Crippen molar-refractivity contribution in [3.63, 3.8) is 0 Å². The number of thioether (sulfide) groups is 1. The lowest BCUT2D eigenvalue weighted by molar-refractivity contribution is -0.121. The fourth-order valence-corrected chi connectivity index (χ4v) is 5.45. The fraction of sp³-hybridized carbons (Fsp3) is 0.300. The molecule has 1 amide bonds. The number of methoxy groups -OCH3 is 2. The Morgan fingerprint density at radius 3 is 2.45 bits per heavy atom. The van der Waals surface area contributed by atoms with Crippen molar-refractivity contribution in [2.24, 2.45) is 0 Å². The number of unbranched alkanes of at least 4 members (excludes halogenated alkanes) is 1. The highest BCUT2D eigenvalue weighted by Gasteiger charge is 2.16. The number of nitrogens with one attached hydrogen (secondary N) is 1. The molecule has 0 radical (unpaired) electrons. The fourth-order valence-electron chi connectivity index (χ4n) is 4.19. The van der Waals surface area contributed by atoms with Gasteiger partial charge in [0, 0.05) is 25.1 Å². The molecule has 1 aromatic heterocycles. The van der Waals surface area contributed by atoms with Gasteiger partial charge in [-0.1, -0.05) is 71.4 Å². The Bertz CT molecular complexity index is 1420. The predicted molar refractivity (Wildman–Crippen MR) is 161 cm³/mol. The Hall–Kier alpha value is -3.20. The molecule has 0 spiro atoms. The maximum absolute atomic E-state index is 12.4. The molecule has 0 fully saturated rings. The molecule has 0 saturated heterocycles. The minimum atomic E-state index is 0.0506. The van der Waals surface area contributed by atoms with Crippen LogP contribution >= 0.6 is 35.0 Å². The Morgan fingerprint density at radius 2 is 1.70 bits per heavy atom. The number of hydrogen-bond donors (Lipinski definition) is 1. The number of halogens is 2. The average Bonchev–Trinajstić information content (AvgIpc) is 3.36. The molecule has 7 nitrogen and oxygen atoms in total. The monoisotopic (exact) mass is 598 g/mol. The first-order valence-electron chi connectivity index (χ1n) is 13.0. The van der Waals surface area contributed by atoms with Crippen LogP contribution in [0.1, 0.15) is 36.2 Å². The second-order valence-corrected chi connectivity index (χ2v) is 11.0. The van der Waals surface area contributed by atoms with E-state index in [1.807, 2.05) is 53.1 Å². The van der Waals surface area contributed by atoms with E-state index < -0.39 is 0 Å². The first kappa shape index (κ1) is 29.8. The van der Waals surface area contributed by atoms with Crippen LogP contribution < -0.4 is 14.8 Å². The van der Waals surface area contributed by atoms with Crippen molar-refractivity contribution in [1.82, 2.24) is 20.1 Å². The van der Waals surface area contributed by atoms with Crippen LogP contribution in [0.3, 0.4) is 0 Å². The number of ether oxygens (including phenoxy) is 2. The number of hydrogen-bond acceptors (Lipinski definition) is 6. The van der Waals surface area contributed by atoms with Crippen molar-refractivity contribution in [3.8, 4) is 17.2 Å². The Kier molecular flexibility index (Phi) is 11.1. The van der Waals surface area contributed by atoms with Crippen molar-refractivity contribution in [3.05, 3.63) is 93.7 Å². The largest absolute Gasteiger partial charge is 0.493 e. The van der Waals surface area contributed by atoms with E-state index in [9.17, 15) is 4.79 Å². The average molecular weight is 600 g/mol. The van der Waals surface area contributed by atoms with Gasteiger partial charge in [-0.15, -0.1) is 10.2 Å². The molecular weight excluding hydrogens is 567 g/mol. The highest BCUT2D eigenvalue weighted by molar-refractivity contribution is 7.99. The topological polar surface area (TPSA) is 78.3 Å². The van der Waals surface area contributed by atoms with E-state index >= 15 is 0 Å². The molecule has 4 aromatic rings. The van der Waals surface area contributed by atoms with Gasteiger partial charge in [-0.3, -0.25) is 9.36 Å². The Labute approximate surface area is 249 Å². The number of benzene rings is 3. The van der Waals surface area contributed by atoms with Crippen LogP contribution in [-0.2, 0) is 17.6 Å². The van der Waals surface area contributed by atoms with E-state index in [1.54, 1.807) is 32.0 Å². The predicted octanol–water partition coefficient (Wildman–Crippen LogP) is 6.80. The van der Waals surface area contributed by atoms with Crippen LogP contribution in [0.4, 0.5) is 0 Å². The maximum atomic E-state index is 12.4. The third kappa shape index (κ3) is 8.16. The highest BCUT2D eigenvalue weighted by atomic mass is 35.5. The molecule has 0 bridgehead atoms. The molecule has 0 aliphatic rings. The molecule has 10 heteroatoms. The minimum absolute atomic E-state index is 0.0506. The maximum Gasteiger partial charge on any atom is 0.220 e. The zero-order valence-electron chi connectivity index (χ0n) is 22.5. The van der Waals surface area contributed by atoms with Gasteiger partial charge < -0.3 is 14.8 Å². The lowest BCUT2D eigenvalue weighted by atomic mass is 10.1. The van der Waals surface area contributed by atoms with Crippen molar-refractivity contribution >= 4 is 40.9 Å². The molecule has 4 rings (SSSR count). The van der Waals surface area contributed by atoms with E-state index in [1.165, 1.54) is 0 Å². The zero-order valence-corrected chi connectivity index (χ0v) is 24.9. The third-order valence-electron chi connectivity index (χ3n) is 6.28. The second kappa shape index (κ2) is 15.0. The molecule has 40 heavy (non-hydrogen) atoms. The molecule has 210 valence electrons. The van der Waals surface area contributed by atoms with Crippen LogP contribution in [0, 0.1) is 0 Å². The van der Waals surface area contributed by atoms with Gasteiger partial charge in [-0.05, 0) is 60.7 Å². The quantitative estimate of drug-likeness (QED) is 0.127. The van der Waals surface area contributed by atoms with E-state index in [-0.39, 0.29) is 5.91 Å². The third-order valence-corrected chi connectivity index (χ3v) is 8.03. The molecular formula is C30H32Cl2N4O3S. The van der Waals surface area contributed by atoms with E-state index in [4.69, 9.17) is 32.7 Å². The van der Waals surface area contributed by atoms with E-state index in [0.29, 0.717) is 40.9 Å². The summed E-state index contributed by atoms with van der Waals surface area (Å²) in [7, 11) is 3.22. The summed E-state index contributed by atoms with van der Waals surface area (Å²) in [6.45, 7) is 0.569. The molecule has 0 unspecified atom stereocenters. The number of rotatable bonds is 14. The zero-order chi connectivity index (χ0) is 28.3. The van der Waals surface area contributed by atoms with E-state index in [0.717, 1.165) is 52.8 Å². The standard InChI is InChI=1S/C30H32Cl2N4O3S/c1-38-26-14-11-22(18-27(26)39-2)15-16-33-29(37)10-6-7-17-40-30-35-34-28(19-21-8-4-3-5-9-21)36(30)23-12-13-24(31)25(32)20-23/h3-5,8-9,11-14,18,20H,6-7,10,15-17,19H2,1-2H3,(H,33,37). The smallest absolute Gasteiger partial charge is 0.220 e. The summed E-state index contributed by atoms with van der Waals surface area (Å²) in [5.74, 6) is 3.06. The van der Waals surface area contributed by atoms with Crippen molar-refractivity contribution in [2.75, 3.05) is 26.5 Å². The molecule has 3 aromatic carbocycles. The van der Waals surface area contributed by atoms with Crippen LogP contribution in [0.2, 0.25) is 10.0 Å². The summed E-state index contributed by atoms with van der Waals surface area (Å²) < 4.78 is 12.6. The van der Waals surface area contributed by atoms with Gasteiger partial charge in [-0.25, -0.2) is 0 Å². The van der Waals surface area contributed by atoms with Crippen molar-refractivity contribution in [2.45, 2.75) is 37.3 Å². The first-order valence-corrected chi connectivity index (χ1v) is 14.8. The minimum Gasteiger partial charge on any atom is -0.493 e. The summed E-state index contributed by atoms with van der Waals surface area (Å²) in [4.78, 5) is 12.4. The van der Waals surface area contributed by atoms with Gasteiger partial charge in [0.05, 0.1) is 30.0 Å². The number of carbonyl (C=O) groups is 1. The Morgan fingerprint density at radius 1 is 0.900 bits per heavy atom. The summed E-state index contributed by atoms with van der Waals surface area (Å²) in [5, 5.41) is 13.7. The van der Waals surface area contributed by atoms with Crippen LogP contribution in [-0.4, -0.2) is 47.2 Å². The summed E-state index contributed by atoms with van der Waals surface area (Å²) in [5.41, 5.74) is 3.08. The van der Waals surface area contributed by atoms with Gasteiger partial charge >= 0.3 is 0 Å². The van der Waals surface area contributed by atoms with Gasteiger partial charge in [0.1, 0.15) is 5.82 Å². The second-order valence-electron chi connectivity index (χ2n) is 9.09. The number of carbonyl (C=O) groups excluding carboxylic acids is 1. The van der Waals surface area contributed by atoms with E-state index in [2.05, 4.69) is 27.6 Å². The molecule has 1 heterocycles. The van der Waals surface area contributed by atoms with Crippen molar-refractivity contribution in [1.29, 1.82) is 0 Å². The summed E-state index contributed by atoms with van der Waals surface area (Å²) in [6.07, 6.45) is 3.49. The normalized spacial score (nSPS) is 10.9. The molecule has 0 aliphatic carbocycles. The molecule has 0 aliphatic heterocycles. The molecule has 1 N–H and O–H groups in total. The highest BCUT2D eigenvalue weighted by Crippen LogP contribution is 2.30. The Balaban J connectivity index is 1.27. The lowest BCUT2D eigenvalue weighted by Crippen LogP contribution is -2.25. The van der Waals surface area contributed by atoms with Gasteiger partial charge in [0.2, 0.25) is 5.91 Å². The van der Waals surface area contributed by atoms with Crippen LogP contribution in [0.15, 0.2) is 71.9 Å². The van der Waals surface area contributed by atoms with Crippen molar-refractivity contribution < 1.29 is 14.3 Å². The van der Waals surface area contributed by atoms with Gasteiger partial charge in [-0.2, -0.15) is 0 Å². The summed E-state index contributed by atoms with van der Waals surface area (Å²) >= 11 is 14.1. The lowest BCUT2D eigenvalue weighted by Gasteiger charge is -2.11. The summed E-state index contributed by atoms with van der Waals surface area (Å²) in [6, 6.07) is 21.5. The van der Waals surface area contributed by atoms with Gasteiger partial charge in [0.25, 0.3) is 0 Å². The molecule has 0 saturated carbocycles. The van der Waals surface area contributed by atoms with Gasteiger partial charge in [0.15, 0.2) is 16.7 Å². The van der Waals surface area contributed by atoms with Crippen LogP contribution in [0.25, 0.3) is 5.69 Å². The number of nitrogens with zero attached hydrogens (tertiary/aromatic N) is 3. The first-order chi connectivity index (χ1) is 19.5. The number of aromatic nitrogens is 3. The number of amides is 1. The SMILES string of the molecule is COc1ccc(CCNC(=O)CCCCSc2nnc(Cc3ccccc3)n2-c2ccc(Cl)c(Cl)c2)cc1OC. The van der Waals surface area contributed by atoms with Crippen LogP contribution in [0.5, 0.6) is 11.5 Å².